The molecule has 0 radical (unpaired) electrons. The van der Waals surface area contributed by atoms with E-state index >= 15 is 0 Å². The number of hydrogen-bond donors (Lipinski definition) is 2. The van der Waals surface area contributed by atoms with Gasteiger partial charge >= 0.3 is 5.97 Å². The standard InChI is InChI=1S/C9H10FNO2S/c1-14-11-8(9(12)13)6-4-2-3-5-7(6)10/h2-5,8,11H,1H3,(H,12,13). The van der Waals surface area contributed by atoms with Gasteiger partial charge in [0.1, 0.15) is 11.9 Å². The van der Waals surface area contributed by atoms with Crippen molar-refractivity contribution in [2.75, 3.05) is 6.26 Å². The summed E-state index contributed by atoms with van der Waals surface area (Å²) < 4.78 is 15.8. The van der Waals surface area contributed by atoms with Gasteiger partial charge in [0.2, 0.25) is 0 Å². The summed E-state index contributed by atoms with van der Waals surface area (Å²) in [5, 5.41) is 8.84. The molecule has 0 amide bonds. The Bertz CT molecular complexity index is 332. The maximum Gasteiger partial charge on any atom is 0.326 e. The number of halogens is 1. The molecule has 0 aliphatic carbocycles. The molecule has 2 N–H and O–H groups in total. The van der Waals surface area contributed by atoms with Crippen molar-refractivity contribution in [2.24, 2.45) is 0 Å². The Morgan fingerprint density at radius 3 is 2.71 bits per heavy atom. The zero-order valence-electron chi connectivity index (χ0n) is 7.53. The van der Waals surface area contributed by atoms with Gasteiger partial charge in [0, 0.05) is 5.56 Å². The van der Waals surface area contributed by atoms with Crippen molar-refractivity contribution in [1.82, 2.24) is 4.72 Å². The monoisotopic (exact) mass is 215 g/mol. The molecule has 14 heavy (non-hydrogen) atoms. The van der Waals surface area contributed by atoms with Gasteiger partial charge in [0.05, 0.1) is 0 Å². The topological polar surface area (TPSA) is 49.3 Å². The molecule has 0 bridgehead atoms. The highest BCUT2D eigenvalue weighted by atomic mass is 32.2. The smallest absolute Gasteiger partial charge is 0.326 e. The van der Waals surface area contributed by atoms with Crippen molar-refractivity contribution in [1.29, 1.82) is 0 Å². The first kappa shape index (κ1) is 11.0. The highest BCUT2D eigenvalue weighted by molar-refractivity contribution is 7.96. The molecule has 0 spiro atoms. The molecule has 3 nitrogen and oxygen atoms in total. The van der Waals surface area contributed by atoms with Crippen LogP contribution in [0, 0.1) is 5.82 Å². The Balaban J connectivity index is 2.99. The van der Waals surface area contributed by atoms with Crippen LogP contribution in [-0.2, 0) is 4.79 Å². The molecular formula is C9H10FNO2S. The van der Waals surface area contributed by atoms with Crippen molar-refractivity contribution in [3.8, 4) is 0 Å². The first-order valence-electron chi connectivity index (χ1n) is 3.92. The predicted octanol–water partition coefficient (Wildman–Crippen LogP) is 1.82. The van der Waals surface area contributed by atoms with Gasteiger partial charge in [-0.25, -0.2) is 9.11 Å². The van der Waals surface area contributed by atoms with Gasteiger partial charge in [-0.05, 0) is 12.3 Å². The SMILES string of the molecule is CSNC(C(=O)O)c1ccccc1F. The lowest BCUT2D eigenvalue weighted by molar-refractivity contribution is -0.139. The maximum atomic E-state index is 13.2. The molecule has 0 aliphatic rings. The van der Waals surface area contributed by atoms with E-state index in [1.807, 2.05) is 0 Å². The van der Waals surface area contributed by atoms with Crippen LogP contribution in [0.1, 0.15) is 11.6 Å². The minimum absolute atomic E-state index is 0.148. The summed E-state index contributed by atoms with van der Waals surface area (Å²) in [5.41, 5.74) is 0.148. The number of carboxylic acids is 1. The van der Waals surface area contributed by atoms with Crippen LogP contribution in [0.4, 0.5) is 4.39 Å². The Morgan fingerprint density at radius 1 is 1.57 bits per heavy atom. The Hall–Kier alpha value is -1.07. The van der Waals surface area contributed by atoms with Crippen LogP contribution in [0.15, 0.2) is 24.3 Å². The molecule has 5 heteroatoms. The fraction of sp³-hybridized carbons (Fsp3) is 0.222. The second kappa shape index (κ2) is 4.97. The Kier molecular flexibility index (Phi) is 3.91. The molecule has 0 aromatic heterocycles. The predicted molar refractivity (Wildman–Crippen MR) is 53.4 cm³/mol. The molecule has 0 fully saturated rings. The third-order valence-electron chi connectivity index (χ3n) is 1.70. The number of aliphatic carboxylic acids is 1. The van der Waals surface area contributed by atoms with Crippen LogP contribution >= 0.6 is 11.9 Å². The van der Waals surface area contributed by atoms with E-state index in [1.54, 1.807) is 12.3 Å². The average molecular weight is 215 g/mol. The number of carbonyl (C=O) groups is 1. The van der Waals surface area contributed by atoms with Crippen LogP contribution in [0.25, 0.3) is 0 Å². The summed E-state index contributed by atoms with van der Waals surface area (Å²) in [6, 6.07) is 4.82. The summed E-state index contributed by atoms with van der Waals surface area (Å²) in [6.07, 6.45) is 1.69. The second-order valence-corrected chi connectivity index (χ2v) is 3.26. The van der Waals surface area contributed by atoms with E-state index < -0.39 is 17.8 Å². The van der Waals surface area contributed by atoms with E-state index in [-0.39, 0.29) is 5.56 Å². The summed E-state index contributed by atoms with van der Waals surface area (Å²) in [5.74, 6) is -1.61. The Morgan fingerprint density at radius 2 is 2.21 bits per heavy atom. The fourth-order valence-electron chi connectivity index (χ4n) is 1.07. The highest BCUT2D eigenvalue weighted by Gasteiger charge is 2.21. The lowest BCUT2D eigenvalue weighted by Crippen LogP contribution is -2.24. The molecule has 1 rings (SSSR count). The number of hydrogen-bond acceptors (Lipinski definition) is 3. The summed E-state index contributed by atoms with van der Waals surface area (Å²) >= 11 is 1.14. The molecular weight excluding hydrogens is 205 g/mol. The third kappa shape index (κ3) is 2.46. The van der Waals surface area contributed by atoms with E-state index in [2.05, 4.69) is 4.72 Å². The van der Waals surface area contributed by atoms with Crippen molar-refractivity contribution < 1.29 is 14.3 Å². The summed E-state index contributed by atoms with van der Waals surface area (Å²) in [4.78, 5) is 10.8. The van der Waals surface area contributed by atoms with Crippen LogP contribution < -0.4 is 4.72 Å². The van der Waals surface area contributed by atoms with E-state index in [0.717, 1.165) is 11.9 Å². The summed E-state index contributed by atoms with van der Waals surface area (Å²) in [7, 11) is 0. The van der Waals surface area contributed by atoms with Crippen LogP contribution in [0.3, 0.4) is 0 Å². The number of benzene rings is 1. The molecule has 0 saturated heterocycles. The number of carboxylic acid groups (broad SMARTS) is 1. The molecule has 0 saturated carbocycles. The van der Waals surface area contributed by atoms with Gasteiger partial charge in [-0.15, -0.1) is 0 Å². The normalized spacial score (nSPS) is 12.4. The van der Waals surface area contributed by atoms with Crippen molar-refractivity contribution >= 4 is 17.9 Å². The van der Waals surface area contributed by atoms with E-state index in [0.29, 0.717) is 0 Å². The lowest BCUT2D eigenvalue weighted by Gasteiger charge is -2.12. The minimum atomic E-state index is -1.09. The second-order valence-electron chi connectivity index (χ2n) is 2.61. The summed E-state index contributed by atoms with van der Waals surface area (Å²) in [6.45, 7) is 0. The van der Waals surface area contributed by atoms with Gasteiger partial charge < -0.3 is 5.11 Å². The number of nitrogens with one attached hydrogen (secondary N) is 1. The molecule has 76 valence electrons. The first-order valence-corrected chi connectivity index (χ1v) is 5.15. The lowest BCUT2D eigenvalue weighted by atomic mass is 10.1. The first-order chi connectivity index (χ1) is 6.66. The maximum absolute atomic E-state index is 13.2. The third-order valence-corrected chi connectivity index (χ3v) is 2.17. The zero-order chi connectivity index (χ0) is 10.6. The van der Waals surface area contributed by atoms with Crippen LogP contribution in [0.2, 0.25) is 0 Å². The van der Waals surface area contributed by atoms with Crippen molar-refractivity contribution in [2.45, 2.75) is 6.04 Å². The quantitative estimate of drug-likeness (QED) is 0.752. The van der Waals surface area contributed by atoms with Gasteiger partial charge in [-0.2, -0.15) is 0 Å². The van der Waals surface area contributed by atoms with Gasteiger partial charge in [-0.3, -0.25) is 4.79 Å². The van der Waals surface area contributed by atoms with Gasteiger partial charge in [-0.1, -0.05) is 30.1 Å². The van der Waals surface area contributed by atoms with Crippen LogP contribution in [0.5, 0.6) is 0 Å². The van der Waals surface area contributed by atoms with E-state index in [1.165, 1.54) is 18.2 Å². The van der Waals surface area contributed by atoms with Gasteiger partial charge in [0.25, 0.3) is 0 Å². The van der Waals surface area contributed by atoms with Gasteiger partial charge in [0.15, 0.2) is 0 Å². The van der Waals surface area contributed by atoms with Crippen molar-refractivity contribution in [3.05, 3.63) is 35.6 Å². The molecule has 1 unspecified atom stereocenters. The minimum Gasteiger partial charge on any atom is -0.480 e. The number of rotatable bonds is 4. The van der Waals surface area contributed by atoms with E-state index in [9.17, 15) is 9.18 Å². The largest absolute Gasteiger partial charge is 0.480 e. The fourth-order valence-corrected chi connectivity index (χ4v) is 1.54. The highest BCUT2D eigenvalue weighted by Crippen LogP contribution is 2.18. The van der Waals surface area contributed by atoms with E-state index in [4.69, 9.17) is 5.11 Å². The molecule has 1 aromatic carbocycles. The average Bonchev–Trinajstić information content (AvgIpc) is 2.15. The zero-order valence-corrected chi connectivity index (χ0v) is 8.34. The molecule has 1 atom stereocenters. The Labute approximate surface area is 85.5 Å². The molecule has 0 heterocycles. The van der Waals surface area contributed by atoms with Crippen LogP contribution in [-0.4, -0.2) is 17.3 Å². The van der Waals surface area contributed by atoms with Crippen molar-refractivity contribution in [3.63, 3.8) is 0 Å². The molecule has 0 aliphatic heterocycles. The molecule has 1 aromatic rings.